The molecule has 1 amide bonds. The lowest BCUT2D eigenvalue weighted by Crippen LogP contribution is -2.16. The molecule has 0 fully saturated rings. The maximum absolute atomic E-state index is 12.7. The van der Waals surface area contributed by atoms with E-state index in [0.717, 1.165) is 12.1 Å². The highest BCUT2D eigenvalue weighted by Crippen LogP contribution is 2.30. The van der Waals surface area contributed by atoms with Crippen molar-refractivity contribution in [2.45, 2.75) is 19.5 Å². The third-order valence-corrected chi connectivity index (χ3v) is 3.08. The number of ether oxygens (including phenoxy) is 1. The molecule has 0 saturated carbocycles. The van der Waals surface area contributed by atoms with Crippen molar-refractivity contribution in [1.82, 2.24) is 0 Å². The first-order chi connectivity index (χ1) is 10.9. The average Bonchev–Trinajstić information content (AvgIpc) is 2.49. The van der Waals surface area contributed by atoms with Crippen LogP contribution >= 0.6 is 0 Å². The Morgan fingerprint density at radius 3 is 2.57 bits per heavy atom. The van der Waals surface area contributed by atoms with Gasteiger partial charge in [-0.3, -0.25) is 4.79 Å². The van der Waals surface area contributed by atoms with Crippen molar-refractivity contribution in [1.29, 1.82) is 0 Å². The largest absolute Gasteiger partial charge is 0.492 e. The van der Waals surface area contributed by atoms with E-state index in [0.29, 0.717) is 23.6 Å². The van der Waals surface area contributed by atoms with E-state index in [-0.39, 0.29) is 6.42 Å². The van der Waals surface area contributed by atoms with E-state index in [1.165, 1.54) is 12.1 Å². The number of halogens is 3. The van der Waals surface area contributed by atoms with Crippen LogP contribution in [0.15, 0.2) is 48.5 Å². The van der Waals surface area contributed by atoms with Crippen molar-refractivity contribution >= 4 is 11.6 Å². The average molecular weight is 323 g/mol. The number of carbonyl (C=O) groups excluding carboxylic acids is 1. The SMILES string of the molecule is CCOc1ccccc1NC(=O)Cc1cccc(C(F)(F)F)c1. The Hall–Kier alpha value is -2.50. The fourth-order valence-electron chi connectivity index (χ4n) is 2.09. The molecule has 0 heterocycles. The van der Waals surface area contributed by atoms with Crippen LogP contribution in [0.2, 0.25) is 0 Å². The van der Waals surface area contributed by atoms with E-state index in [4.69, 9.17) is 4.74 Å². The number of alkyl halides is 3. The molecule has 122 valence electrons. The zero-order valence-corrected chi connectivity index (χ0v) is 12.5. The van der Waals surface area contributed by atoms with Gasteiger partial charge in [-0.1, -0.05) is 30.3 Å². The number of nitrogens with one attached hydrogen (secondary N) is 1. The Labute approximate surface area is 132 Å². The maximum Gasteiger partial charge on any atom is 0.416 e. The van der Waals surface area contributed by atoms with Gasteiger partial charge in [0.05, 0.1) is 24.3 Å². The van der Waals surface area contributed by atoms with Crippen molar-refractivity contribution in [2.75, 3.05) is 11.9 Å². The second kappa shape index (κ2) is 7.17. The van der Waals surface area contributed by atoms with Gasteiger partial charge in [-0.2, -0.15) is 13.2 Å². The molecule has 0 radical (unpaired) electrons. The van der Waals surface area contributed by atoms with Crippen molar-refractivity contribution in [2.24, 2.45) is 0 Å². The van der Waals surface area contributed by atoms with Crippen molar-refractivity contribution < 1.29 is 22.7 Å². The molecule has 0 aliphatic rings. The lowest BCUT2D eigenvalue weighted by Gasteiger charge is -2.12. The molecule has 1 N–H and O–H groups in total. The highest BCUT2D eigenvalue weighted by Gasteiger charge is 2.30. The summed E-state index contributed by atoms with van der Waals surface area (Å²) in [6, 6.07) is 11.6. The first kappa shape index (κ1) is 16.9. The maximum atomic E-state index is 12.7. The highest BCUT2D eigenvalue weighted by molar-refractivity contribution is 5.93. The lowest BCUT2D eigenvalue weighted by atomic mass is 10.1. The topological polar surface area (TPSA) is 38.3 Å². The molecular weight excluding hydrogens is 307 g/mol. The summed E-state index contributed by atoms with van der Waals surface area (Å²) in [5.74, 6) is 0.115. The number of carbonyl (C=O) groups is 1. The van der Waals surface area contributed by atoms with Crippen molar-refractivity contribution in [3.8, 4) is 5.75 Å². The molecule has 6 heteroatoms. The zero-order chi connectivity index (χ0) is 16.9. The van der Waals surface area contributed by atoms with E-state index in [1.54, 1.807) is 24.3 Å². The Kier molecular flexibility index (Phi) is 5.26. The lowest BCUT2D eigenvalue weighted by molar-refractivity contribution is -0.137. The summed E-state index contributed by atoms with van der Waals surface area (Å²) in [5, 5.41) is 2.66. The third-order valence-electron chi connectivity index (χ3n) is 3.08. The molecule has 0 aliphatic heterocycles. The Bertz CT molecular complexity index is 684. The van der Waals surface area contributed by atoms with E-state index in [1.807, 2.05) is 6.92 Å². The summed E-state index contributed by atoms with van der Waals surface area (Å²) in [6.07, 6.45) is -4.57. The number of amides is 1. The van der Waals surface area contributed by atoms with Crippen LogP contribution in [-0.4, -0.2) is 12.5 Å². The number of anilines is 1. The smallest absolute Gasteiger partial charge is 0.416 e. The monoisotopic (exact) mass is 323 g/mol. The van der Waals surface area contributed by atoms with Gasteiger partial charge in [0.2, 0.25) is 5.91 Å². The number of hydrogen-bond donors (Lipinski definition) is 1. The zero-order valence-electron chi connectivity index (χ0n) is 12.5. The number of rotatable bonds is 5. The molecule has 0 bridgehead atoms. The first-order valence-electron chi connectivity index (χ1n) is 7.08. The Morgan fingerprint density at radius 2 is 1.87 bits per heavy atom. The van der Waals surface area contributed by atoms with Gasteiger partial charge in [-0.05, 0) is 30.7 Å². The molecule has 0 aliphatic carbocycles. The van der Waals surface area contributed by atoms with Gasteiger partial charge in [0.15, 0.2) is 0 Å². The second-order valence-electron chi connectivity index (χ2n) is 4.85. The van der Waals surface area contributed by atoms with Crippen LogP contribution in [0.3, 0.4) is 0 Å². The van der Waals surface area contributed by atoms with E-state index >= 15 is 0 Å². The molecule has 2 aromatic rings. The van der Waals surface area contributed by atoms with Gasteiger partial charge in [0.1, 0.15) is 5.75 Å². The van der Waals surface area contributed by atoms with Crippen molar-refractivity contribution in [3.05, 3.63) is 59.7 Å². The predicted molar refractivity (Wildman–Crippen MR) is 81.4 cm³/mol. The summed E-state index contributed by atoms with van der Waals surface area (Å²) in [4.78, 5) is 12.1. The summed E-state index contributed by atoms with van der Waals surface area (Å²) >= 11 is 0. The van der Waals surface area contributed by atoms with Gasteiger partial charge >= 0.3 is 6.18 Å². The number of hydrogen-bond acceptors (Lipinski definition) is 2. The summed E-state index contributed by atoms with van der Waals surface area (Å²) in [6.45, 7) is 2.27. The molecule has 0 aromatic heterocycles. The van der Waals surface area contributed by atoms with E-state index in [2.05, 4.69) is 5.32 Å². The summed E-state index contributed by atoms with van der Waals surface area (Å²) < 4.78 is 43.4. The quantitative estimate of drug-likeness (QED) is 0.891. The number of para-hydroxylation sites is 2. The first-order valence-corrected chi connectivity index (χ1v) is 7.08. The van der Waals surface area contributed by atoms with Gasteiger partial charge in [0, 0.05) is 0 Å². The molecule has 23 heavy (non-hydrogen) atoms. The molecule has 2 rings (SSSR count). The third kappa shape index (κ3) is 4.74. The highest BCUT2D eigenvalue weighted by atomic mass is 19.4. The fraction of sp³-hybridized carbons (Fsp3) is 0.235. The van der Waals surface area contributed by atoms with Gasteiger partial charge < -0.3 is 10.1 Å². The van der Waals surface area contributed by atoms with Gasteiger partial charge in [-0.25, -0.2) is 0 Å². The van der Waals surface area contributed by atoms with Crippen LogP contribution in [0.25, 0.3) is 0 Å². The van der Waals surface area contributed by atoms with Gasteiger partial charge in [-0.15, -0.1) is 0 Å². The Balaban J connectivity index is 2.09. The van der Waals surface area contributed by atoms with Crippen LogP contribution in [0.5, 0.6) is 5.75 Å². The summed E-state index contributed by atoms with van der Waals surface area (Å²) in [7, 11) is 0. The van der Waals surface area contributed by atoms with Crippen LogP contribution in [0, 0.1) is 0 Å². The standard InChI is InChI=1S/C17H16F3NO2/c1-2-23-15-9-4-3-8-14(15)21-16(22)11-12-6-5-7-13(10-12)17(18,19)20/h3-10H,2,11H2,1H3,(H,21,22). The minimum Gasteiger partial charge on any atom is -0.492 e. The van der Waals surface area contributed by atoms with Crippen LogP contribution < -0.4 is 10.1 Å². The second-order valence-corrected chi connectivity index (χ2v) is 4.85. The predicted octanol–water partition coefficient (Wildman–Crippen LogP) is 4.29. The molecule has 0 saturated heterocycles. The Morgan fingerprint density at radius 1 is 1.13 bits per heavy atom. The fourth-order valence-corrected chi connectivity index (χ4v) is 2.09. The molecule has 0 atom stereocenters. The normalized spacial score (nSPS) is 11.1. The van der Waals surface area contributed by atoms with E-state index in [9.17, 15) is 18.0 Å². The molecule has 2 aromatic carbocycles. The van der Waals surface area contributed by atoms with E-state index < -0.39 is 17.6 Å². The van der Waals surface area contributed by atoms with Crippen LogP contribution in [-0.2, 0) is 17.4 Å². The van der Waals surface area contributed by atoms with Crippen molar-refractivity contribution in [3.63, 3.8) is 0 Å². The number of benzene rings is 2. The van der Waals surface area contributed by atoms with Gasteiger partial charge in [0.25, 0.3) is 0 Å². The minimum atomic E-state index is -4.42. The summed E-state index contributed by atoms with van der Waals surface area (Å²) in [5.41, 5.74) is 0.0232. The molecule has 0 unspecified atom stereocenters. The molecular formula is C17H16F3NO2. The molecule has 0 spiro atoms. The van der Waals surface area contributed by atoms with Crippen LogP contribution in [0.1, 0.15) is 18.1 Å². The van der Waals surface area contributed by atoms with Crippen LogP contribution in [0.4, 0.5) is 18.9 Å². The molecule has 3 nitrogen and oxygen atoms in total. The minimum absolute atomic E-state index is 0.148.